The molecule has 1 aromatic rings. The Kier molecular flexibility index (Phi) is 4.63. The van der Waals surface area contributed by atoms with Gasteiger partial charge in [-0.1, -0.05) is 61.4 Å². The number of carbonyl (C=O) groups is 1. The van der Waals surface area contributed by atoms with Crippen molar-refractivity contribution < 1.29 is 9.90 Å². The Labute approximate surface area is 106 Å². The molecule has 92 valence electrons. The van der Waals surface area contributed by atoms with Crippen LogP contribution < -0.4 is 0 Å². The highest BCUT2D eigenvalue weighted by molar-refractivity contribution is 8.14. The number of rotatable bonds is 2. The van der Waals surface area contributed by atoms with E-state index in [2.05, 4.69) is 0 Å². The summed E-state index contributed by atoms with van der Waals surface area (Å²) < 4.78 is 0. The van der Waals surface area contributed by atoms with Gasteiger partial charge in [-0.15, -0.1) is 0 Å². The number of hydrogen-bond acceptors (Lipinski definition) is 3. The van der Waals surface area contributed by atoms with E-state index in [9.17, 15) is 9.90 Å². The van der Waals surface area contributed by atoms with Crippen molar-refractivity contribution in [1.82, 2.24) is 0 Å². The average Bonchev–Trinajstić information content (AvgIpc) is 2.56. The van der Waals surface area contributed by atoms with Crippen LogP contribution in [-0.4, -0.2) is 21.6 Å². The van der Waals surface area contributed by atoms with Crippen LogP contribution in [0.3, 0.4) is 0 Å². The Morgan fingerprint density at radius 1 is 1.12 bits per heavy atom. The Bertz CT molecular complexity index is 364. The van der Waals surface area contributed by atoms with Crippen molar-refractivity contribution >= 4 is 16.9 Å². The van der Waals surface area contributed by atoms with Crippen LogP contribution in [0.4, 0.5) is 0 Å². The quantitative estimate of drug-likeness (QED) is 0.819. The summed E-state index contributed by atoms with van der Waals surface area (Å²) in [5.74, 6) is 0. The summed E-state index contributed by atoms with van der Waals surface area (Å²) >= 11 is 1.31. The van der Waals surface area contributed by atoms with Crippen LogP contribution in [0.25, 0.3) is 0 Å². The van der Waals surface area contributed by atoms with Gasteiger partial charge in [0.15, 0.2) is 0 Å². The van der Waals surface area contributed by atoms with Crippen molar-refractivity contribution in [2.45, 2.75) is 43.5 Å². The fourth-order valence-electron chi connectivity index (χ4n) is 2.17. The second kappa shape index (κ2) is 6.22. The topological polar surface area (TPSA) is 37.3 Å². The van der Waals surface area contributed by atoms with E-state index in [0.29, 0.717) is 0 Å². The van der Waals surface area contributed by atoms with Gasteiger partial charge in [-0.25, -0.2) is 0 Å². The monoisotopic (exact) mass is 250 g/mol. The first-order valence-corrected chi connectivity index (χ1v) is 7.09. The molecule has 0 aliphatic heterocycles. The lowest BCUT2D eigenvalue weighted by molar-refractivity contribution is 0.108. The zero-order chi connectivity index (χ0) is 12.1. The highest BCUT2D eigenvalue weighted by atomic mass is 32.2. The van der Waals surface area contributed by atoms with Crippen LogP contribution in [0.1, 0.15) is 42.5 Å². The SMILES string of the molecule is O=C(S[C@@H]1CCCCC[C@H]1O)c1ccccc1. The fourth-order valence-corrected chi connectivity index (χ4v) is 3.30. The van der Waals surface area contributed by atoms with E-state index >= 15 is 0 Å². The fraction of sp³-hybridized carbons (Fsp3) is 0.500. The number of carbonyl (C=O) groups excluding carboxylic acids is 1. The minimum atomic E-state index is -0.324. The van der Waals surface area contributed by atoms with Gasteiger partial charge in [0, 0.05) is 10.8 Å². The summed E-state index contributed by atoms with van der Waals surface area (Å²) in [5, 5.41) is 10.1. The van der Waals surface area contributed by atoms with E-state index in [4.69, 9.17) is 0 Å². The van der Waals surface area contributed by atoms with Gasteiger partial charge in [-0.05, 0) is 12.8 Å². The molecule has 0 radical (unpaired) electrons. The molecule has 0 heterocycles. The lowest BCUT2D eigenvalue weighted by atomic mass is 10.1. The molecule has 0 aromatic heterocycles. The molecule has 17 heavy (non-hydrogen) atoms. The Morgan fingerprint density at radius 3 is 2.59 bits per heavy atom. The first-order chi connectivity index (χ1) is 8.27. The lowest BCUT2D eigenvalue weighted by Crippen LogP contribution is -2.23. The molecule has 1 aliphatic carbocycles. The summed E-state index contributed by atoms with van der Waals surface area (Å²) in [5.41, 5.74) is 0.731. The maximum absolute atomic E-state index is 12.0. The molecule has 2 rings (SSSR count). The smallest absolute Gasteiger partial charge is 0.219 e. The molecule has 0 unspecified atom stereocenters. The number of aliphatic hydroxyl groups excluding tert-OH is 1. The molecule has 1 aliphatic rings. The van der Waals surface area contributed by atoms with Crippen LogP contribution in [0.5, 0.6) is 0 Å². The predicted octanol–water partition coefficient (Wildman–Crippen LogP) is 3.25. The zero-order valence-electron chi connectivity index (χ0n) is 9.84. The van der Waals surface area contributed by atoms with E-state index in [0.717, 1.165) is 31.2 Å². The summed E-state index contributed by atoms with van der Waals surface area (Å²) in [7, 11) is 0. The van der Waals surface area contributed by atoms with Gasteiger partial charge >= 0.3 is 0 Å². The Hall–Kier alpha value is -0.800. The van der Waals surface area contributed by atoms with Crippen LogP contribution in [0.15, 0.2) is 30.3 Å². The standard InChI is InChI=1S/C14H18O2S/c15-12-9-5-2-6-10-13(12)17-14(16)11-7-3-1-4-8-11/h1,3-4,7-8,12-13,15H,2,5-6,9-10H2/t12-,13-/m1/s1. The molecular weight excluding hydrogens is 232 g/mol. The molecule has 0 spiro atoms. The molecule has 1 N–H and O–H groups in total. The van der Waals surface area contributed by atoms with E-state index in [1.807, 2.05) is 30.3 Å². The first kappa shape index (κ1) is 12.7. The molecule has 1 saturated carbocycles. The molecule has 2 atom stereocenters. The van der Waals surface area contributed by atoms with Gasteiger partial charge in [0.25, 0.3) is 0 Å². The third-order valence-electron chi connectivity index (χ3n) is 3.19. The van der Waals surface area contributed by atoms with Crippen LogP contribution >= 0.6 is 11.8 Å². The highest BCUT2D eigenvalue weighted by Crippen LogP contribution is 2.30. The highest BCUT2D eigenvalue weighted by Gasteiger charge is 2.25. The number of thioether (sulfide) groups is 1. The second-order valence-electron chi connectivity index (χ2n) is 4.52. The van der Waals surface area contributed by atoms with E-state index < -0.39 is 0 Å². The number of hydrogen-bond donors (Lipinski definition) is 1. The van der Waals surface area contributed by atoms with Gasteiger partial charge < -0.3 is 5.11 Å². The molecule has 3 heteroatoms. The summed E-state index contributed by atoms with van der Waals surface area (Å²) in [6.07, 6.45) is 4.84. The molecular formula is C14H18O2S. The van der Waals surface area contributed by atoms with Crippen molar-refractivity contribution in [3.8, 4) is 0 Å². The molecule has 0 saturated heterocycles. The lowest BCUT2D eigenvalue weighted by Gasteiger charge is -2.18. The van der Waals surface area contributed by atoms with E-state index in [1.54, 1.807) is 0 Å². The minimum absolute atomic E-state index is 0.0743. The van der Waals surface area contributed by atoms with Gasteiger partial charge in [-0.3, -0.25) is 4.79 Å². The van der Waals surface area contributed by atoms with Gasteiger partial charge in [0.05, 0.1) is 6.10 Å². The average molecular weight is 250 g/mol. The van der Waals surface area contributed by atoms with E-state index in [-0.39, 0.29) is 16.5 Å². The van der Waals surface area contributed by atoms with Crippen molar-refractivity contribution in [1.29, 1.82) is 0 Å². The number of benzene rings is 1. The normalized spacial score (nSPS) is 25.2. The largest absolute Gasteiger partial charge is 0.392 e. The maximum Gasteiger partial charge on any atom is 0.219 e. The van der Waals surface area contributed by atoms with Gasteiger partial charge in [0.2, 0.25) is 5.12 Å². The van der Waals surface area contributed by atoms with Crippen LogP contribution in [-0.2, 0) is 0 Å². The molecule has 0 bridgehead atoms. The van der Waals surface area contributed by atoms with Crippen LogP contribution in [0.2, 0.25) is 0 Å². The minimum Gasteiger partial charge on any atom is -0.392 e. The molecule has 1 aromatic carbocycles. The van der Waals surface area contributed by atoms with Crippen molar-refractivity contribution in [2.75, 3.05) is 0 Å². The van der Waals surface area contributed by atoms with Crippen molar-refractivity contribution in [3.63, 3.8) is 0 Å². The predicted molar refractivity (Wildman–Crippen MR) is 71.2 cm³/mol. The van der Waals surface area contributed by atoms with E-state index in [1.165, 1.54) is 18.2 Å². The van der Waals surface area contributed by atoms with Gasteiger partial charge in [-0.2, -0.15) is 0 Å². The zero-order valence-corrected chi connectivity index (χ0v) is 10.7. The molecule has 1 fully saturated rings. The summed E-state index contributed by atoms with van der Waals surface area (Å²) in [4.78, 5) is 12.0. The summed E-state index contributed by atoms with van der Waals surface area (Å²) in [6.45, 7) is 0. The first-order valence-electron chi connectivity index (χ1n) is 6.21. The third kappa shape index (κ3) is 3.58. The van der Waals surface area contributed by atoms with Crippen molar-refractivity contribution in [3.05, 3.63) is 35.9 Å². The number of aliphatic hydroxyl groups is 1. The summed E-state index contributed by atoms with van der Waals surface area (Å²) in [6, 6.07) is 9.31. The molecule has 2 nitrogen and oxygen atoms in total. The Balaban J connectivity index is 1.98. The van der Waals surface area contributed by atoms with Crippen LogP contribution in [0, 0.1) is 0 Å². The Morgan fingerprint density at radius 2 is 1.82 bits per heavy atom. The van der Waals surface area contributed by atoms with Crippen molar-refractivity contribution in [2.24, 2.45) is 0 Å². The van der Waals surface area contributed by atoms with Gasteiger partial charge in [0.1, 0.15) is 0 Å². The second-order valence-corrected chi connectivity index (χ2v) is 5.73. The molecule has 0 amide bonds. The third-order valence-corrected chi connectivity index (χ3v) is 4.49. The maximum atomic E-state index is 12.0.